The predicted octanol–water partition coefficient (Wildman–Crippen LogP) is 3.32. The Morgan fingerprint density at radius 1 is 1.04 bits per heavy atom. The van der Waals surface area contributed by atoms with E-state index in [0.717, 1.165) is 10.6 Å². The summed E-state index contributed by atoms with van der Waals surface area (Å²) in [6.07, 6.45) is 1.96. The van der Waals surface area contributed by atoms with Crippen molar-refractivity contribution in [1.29, 1.82) is 0 Å². The van der Waals surface area contributed by atoms with Crippen LogP contribution in [-0.2, 0) is 9.59 Å². The number of carbonyl (C=O) groups is 2. The molecule has 6 nitrogen and oxygen atoms in total. The largest absolute Gasteiger partial charge is 0.497 e. The van der Waals surface area contributed by atoms with Crippen LogP contribution in [0.1, 0.15) is 6.92 Å². The molecule has 2 aromatic carbocycles. The molecule has 2 N–H and O–H groups in total. The molecule has 0 unspecified atom stereocenters. The summed E-state index contributed by atoms with van der Waals surface area (Å²) < 4.78 is 5.15. The zero-order valence-electron chi connectivity index (χ0n) is 15.8. The van der Waals surface area contributed by atoms with Gasteiger partial charge < -0.3 is 15.4 Å². The summed E-state index contributed by atoms with van der Waals surface area (Å²) in [5, 5.41) is 5.74. The van der Waals surface area contributed by atoms with Crippen LogP contribution < -0.4 is 15.4 Å². The normalized spacial score (nSPS) is 10.5. The summed E-state index contributed by atoms with van der Waals surface area (Å²) in [5.41, 5.74) is 1.45. The first kappa shape index (κ1) is 20.8. The third-order valence-corrected chi connectivity index (χ3v) is 4.71. The second-order valence-corrected chi connectivity index (χ2v) is 6.68. The maximum atomic E-state index is 12.4. The number of hydrogen-bond donors (Lipinski definition) is 2. The van der Waals surface area contributed by atoms with Crippen molar-refractivity contribution < 1.29 is 14.3 Å². The van der Waals surface area contributed by atoms with Gasteiger partial charge in [-0.1, -0.05) is 25.1 Å². The van der Waals surface area contributed by atoms with Crippen molar-refractivity contribution in [2.24, 2.45) is 0 Å². The highest BCUT2D eigenvalue weighted by molar-refractivity contribution is 7.98. The number of benzene rings is 2. The number of nitrogens with zero attached hydrogens (tertiary/aromatic N) is 1. The highest BCUT2D eigenvalue weighted by Gasteiger charge is 2.14. The minimum atomic E-state index is -0.178. The van der Waals surface area contributed by atoms with Gasteiger partial charge in [0.15, 0.2) is 0 Å². The molecule has 0 spiro atoms. The van der Waals surface area contributed by atoms with E-state index in [0.29, 0.717) is 18.0 Å². The highest BCUT2D eigenvalue weighted by Crippen LogP contribution is 2.24. The first-order valence-corrected chi connectivity index (χ1v) is 9.87. The van der Waals surface area contributed by atoms with E-state index in [2.05, 4.69) is 10.6 Å². The monoisotopic (exact) mass is 387 g/mol. The van der Waals surface area contributed by atoms with Crippen molar-refractivity contribution in [3.8, 4) is 5.75 Å². The number of nitrogens with one attached hydrogen (secondary N) is 2. The predicted molar refractivity (Wildman–Crippen MR) is 111 cm³/mol. The van der Waals surface area contributed by atoms with Crippen LogP contribution in [0.25, 0.3) is 0 Å². The van der Waals surface area contributed by atoms with Crippen molar-refractivity contribution >= 4 is 35.0 Å². The lowest BCUT2D eigenvalue weighted by Gasteiger charge is -2.20. The Morgan fingerprint density at radius 2 is 1.74 bits per heavy atom. The van der Waals surface area contributed by atoms with Crippen LogP contribution in [0, 0.1) is 0 Å². The summed E-state index contributed by atoms with van der Waals surface area (Å²) in [4.78, 5) is 27.4. The number of amides is 2. The van der Waals surface area contributed by atoms with E-state index >= 15 is 0 Å². The van der Waals surface area contributed by atoms with E-state index in [-0.39, 0.29) is 24.9 Å². The number of anilines is 2. The zero-order chi connectivity index (χ0) is 19.6. The second-order valence-electron chi connectivity index (χ2n) is 5.83. The first-order chi connectivity index (χ1) is 13.0. The molecule has 2 amide bonds. The molecule has 0 radical (unpaired) electrons. The second kappa shape index (κ2) is 10.6. The van der Waals surface area contributed by atoms with Gasteiger partial charge in [0.1, 0.15) is 5.75 Å². The van der Waals surface area contributed by atoms with Gasteiger partial charge in [-0.3, -0.25) is 14.5 Å². The van der Waals surface area contributed by atoms with Gasteiger partial charge in [0, 0.05) is 16.6 Å². The highest BCUT2D eigenvalue weighted by atomic mass is 32.2. The Hall–Kier alpha value is -2.51. The lowest BCUT2D eigenvalue weighted by atomic mass is 10.3. The number of para-hydroxylation sites is 1. The van der Waals surface area contributed by atoms with Gasteiger partial charge in [-0.15, -0.1) is 11.8 Å². The van der Waals surface area contributed by atoms with E-state index in [1.807, 2.05) is 49.6 Å². The average molecular weight is 388 g/mol. The summed E-state index contributed by atoms with van der Waals surface area (Å²) in [6.45, 7) is 2.78. The molecule has 0 saturated carbocycles. The number of likely N-dealkylation sites (N-methyl/N-ethyl adjacent to an activating group) is 1. The molecule has 2 rings (SSSR count). The fraction of sp³-hybridized carbons (Fsp3) is 0.300. The van der Waals surface area contributed by atoms with Crippen LogP contribution in [0.2, 0.25) is 0 Å². The fourth-order valence-electron chi connectivity index (χ4n) is 2.52. The van der Waals surface area contributed by atoms with Gasteiger partial charge >= 0.3 is 0 Å². The van der Waals surface area contributed by atoms with E-state index in [4.69, 9.17) is 4.74 Å². The van der Waals surface area contributed by atoms with Gasteiger partial charge in [-0.2, -0.15) is 0 Å². The number of ether oxygens (including phenoxy) is 1. The molecule has 27 heavy (non-hydrogen) atoms. The molecule has 0 aliphatic rings. The molecule has 0 aromatic heterocycles. The summed E-state index contributed by atoms with van der Waals surface area (Å²) in [7, 11) is 1.58. The van der Waals surface area contributed by atoms with Crippen LogP contribution >= 0.6 is 11.8 Å². The van der Waals surface area contributed by atoms with Crippen LogP contribution in [0.3, 0.4) is 0 Å². The summed E-state index contributed by atoms with van der Waals surface area (Å²) >= 11 is 1.57. The molecular formula is C20H25N3O3S. The van der Waals surface area contributed by atoms with Crippen molar-refractivity contribution in [2.45, 2.75) is 11.8 Å². The third kappa shape index (κ3) is 6.62. The maximum Gasteiger partial charge on any atom is 0.238 e. The van der Waals surface area contributed by atoms with Crippen molar-refractivity contribution in [2.75, 3.05) is 43.6 Å². The quantitative estimate of drug-likeness (QED) is 0.646. The smallest absolute Gasteiger partial charge is 0.238 e. The molecule has 2 aromatic rings. The Balaban J connectivity index is 1.90. The number of rotatable bonds is 9. The minimum Gasteiger partial charge on any atom is -0.497 e. The Bertz CT molecular complexity index is 783. The fourth-order valence-corrected chi connectivity index (χ4v) is 3.08. The SMILES string of the molecule is CCN(CC(=O)Nc1cccc(OC)c1)CC(=O)Nc1ccccc1SC. The van der Waals surface area contributed by atoms with E-state index in [1.54, 1.807) is 35.9 Å². The molecule has 0 aliphatic heterocycles. The number of methoxy groups -OCH3 is 1. The van der Waals surface area contributed by atoms with Gasteiger partial charge in [0.25, 0.3) is 0 Å². The summed E-state index contributed by atoms with van der Waals surface area (Å²) in [6, 6.07) is 14.8. The van der Waals surface area contributed by atoms with Crippen LogP contribution in [-0.4, -0.2) is 49.7 Å². The van der Waals surface area contributed by atoms with E-state index in [9.17, 15) is 9.59 Å². The molecule has 0 fully saturated rings. The van der Waals surface area contributed by atoms with Gasteiger partial charge in [0.05, 0.1) is 25.9 Å². The molecule has 0 atom stereocenters. The number of hydrogen-bond acceptors (Lipinski definition) is 5. The Labute approximate surface area is 164 Å². The number of thioether (sulfide) groups is 1. The molecule has 0 aliphatic carbocycles. The molecule has 144 valence electrons. The van der Waals surface area contributed by atoms with Crippen LogP contribution in [0.4, 0.5) is 11.4 Å². The van der Waals surface area contributed by atoms with Crippen LogP contribution in [0.15, 0.2) is 53.4 Å². The Morgan fingerprint density at radius 3 is 2.41 bits per heavy atom. The van der Waals surface area contributed by atoms with E-state index < -0.39 is 0 Å². The van der Waals surface area contributed by atoms with Gasteiger partial charge in [0.2, 0.25) is 11.8 Å². The Kier molecular flexibility index (Phi) is 8.16. The molecule has 0 saturated heterocycles. The molecule has 7 heteroatoms. The van der Waals surface area contributed by atoms with E-state index in [1.165, 1.54) is 0 Å². The maximum absolute atomic E-state index is 12.4. The van der Waals surface area contributed by atoms with Crippen molar-refractivity contribution in [1.82, 2.24) is 4.90 Å². The molecule has 0 bridgehead atoms. The standard InChI is InChI=1S/C20H25N3O3S/c1-4-23(13-19(24)21-15-8-7-9-16(12-15)26-2)14-20(25)22-17-10-5-6-11-18(17)27-3/h5-12H,4,13-14H2,1-3H3,(H,21,24)(H,22,25). The topological polar surface area (TPSA) is 70.7 Å². The first-order valence-electron chi connectivity index (χ1n) is 8.64. The van der Waals surface area contributed by atoms with Crippen molar-refractivity contribution in [3.63, 3.8) is 0 Å². The molecular weight excluding hydrogens is 362 g/mol. The van der Waals surface area contributed by atoms with Gasteiger partial charge in [-0.05, 0) is 37.1 Å². The van der Waals surface area contributed by atoms with Gasteiger partial charge in [-0.25, -0.2) is 0 Å². The van der Waals surface area contributed by atoms with Crippen molar-refractivity contribution in [3.05, 3.63) is 48.5 Å². The average Bonchev–Trinajstić information content (AvgIpc) is 2.67. The lowest BCUT2D eigenvalue weighted by molar-refractivity contribution is -0.119. The molecule has 0 heterocycles. The number of carbonyl (C=O) groups excluding carboxylic acids is 2. The lowest BCUT2D eigenvalue weighted by Crippen LogP contribution is -2.38. The van der Waals surface area contributed by atoms with Crippen LogP contribution in [0.5, 0.6) is 5.75 Å². The zero-order valence-corrected chi connectivity index (χ0v) is 16.6. The summed E-state index contributed by atoms with van der Waals surface area (Å²) in [5.74, 6) is 0.349. The minimum absolute atomic E-state index is 0.130. The third-order valence-electron chi connectivity index (χ3n) is 3.92.